The third-order valence-corrected chi connectivity index (χ3v) is 4.78. The van der Waals surface area contributed by atoms with Crippen LogP contribution in [0, 0.1) is 0 Å². The molecule has 1 N–H and O–H groups in total. The van der Waals surface area contributed by atoms with Gasteiger partial charge >= 0.3 is 0 Å². The van der Waals surface area contributed by atoms with Crippen molar-refractivity contribution >= 4 is 0 Å². The van der Waals surface area contributed by atoms with Crippen LogP contribution in [0.5, 0.6) is 5.75 Å². The highest BCUT2D eigenvalue weighted by atomic mass is 16.5. The Labute approximate surface area is 151 Å². The summed E-state index contributed by atoms with van der Waals surface area (Å²) in [6.45, 7) is 0.970. The van der Waals surface area contributed by atoms with Gasteiger partial charge in [0.05, 0.1) is 49.8 Å². The molecular formula is C19H22N4O3. The molecule has 0 radical (unpaired) electrons. The minimum Gasteiger partial charge on any atom is -0.497 e. The predicted molar refractivity (Wildman–Crippen MR) is 96.9 cm³/mol. The topological polar surface area (TPSA) is 74.3 Å². The molecule has 3 heterocycles. The van der Waals surface area contributed by atoms with Crippen molar-refractivity contribution in [2.45, 2.75) is 18.6 Å². The van der Waals surface area contributed by atoms with E-state index in [0.717, 1.165) is 34.7 Å². The number of ether oxygens (including phenoxy) is 2. The van der Waals surface area contributed by atoms with Crippen molar-refractivity contribution in [1.29, 1.82) is 0 Å². The monoisotopic (exact) mass is 354 g/mol. The average molecular weight is 354 g/mol. The Kier molecular flexibility index (Phi) is 4.48. The normalized spacial score (nSPS) is 20.3. The molecule has 1 aromatic carbocycles. The van der Waals surface area contributed by atoms with Gasteiger partial charge < -0.3 is 19.1 Å². The second-order valence-corrected chi connectivity index (χ2v) is 6.48. The van der Waals surface area contributed by atoms with Crippen LogP contribution in [0.25, 0.3) is 22.5 Å². The number of aryl methyl sites for hydroxylation is 1. The lowest BCUT2D eigenvalue weighted by Crippen LogP contribution is -2.34. The van der Waals surface area contributed by atoms with E-state index in [1.807, 2.05) is 43.7 Å². The third-order valence-electron chi connectivity index (χ3n) is 4.78. The van der Waals surface area contributed by atoms with Crippen LogP contribution in [0.2, 0.25) is 0 Å². The largest absolute Gasteiger partial charge is 0.497 e. The zero-order chi connectivity index (χ0) is 18.1. The molecular weight excluding hydrogens is 332 g/mol. The van der Waals surface area contributed by atoms with Gasteiger partial charge in [0, 0.05) is 31.0 Å². The molecule has 7 heteroatoms. The number of hydrogen-bond donors (Lipinski definition) is 1. The summed E-state index contributed by atoms with van der Waals surface area (Å²) >= 11 is 0. The molecule has 1 aliphatic rings. The summed E-state index contributed by atoms with van der Waals surface area (Å²) in [5.74, 6) is 0.802. The highest BCUT2D eigenvalue weighted by Crippen LogP contribution is 2.36. The zero-order valence-corrected chi connectivity index (χ0v) is 14.9. The van der Waals surface area contributed by atoms with Gasteiger partial charge in [0.15, 0.2) is 0 Å². The first-order valence-corrected chi connectivity index (χ1v) is 8.63. The molecule has 3 aromatic rings. The second kappa shape index (κ2) is 6.93. The third kappa shape index (κ3) is 3.00. The van der Waals surface area contributed by atoms with Gasteiger partial charge in [-0.3, -0.25) is 4.68 Å². The predicted octanol–water partition coefficient (Wildman–Crippen LogP) is 2.28. The van der Waals surface area contributed by atoms with Crippen molar-refractivity contribution in [3.8, 4) is 28.3 Å². The summed E-state index contributed by atoms with van der Waals surface area (Å²) in [4.78, 5) is 4.67. The lowest BCUT2D eigenvalue weighted by atomic mass is 10.0. The molecule has 0 saturated carbocycles. The van der Waals surface area contributed by atoms with E-state index in [1.165, 1.54) is 0 Å². The minimum atomic E-state index is -0.558. The molecule has 0 spiro atoms. The molecule has 2 aromatic heterocycles. The highest BCUT2D eigenvalue weighted by Gasteiger charge is 2.29. The van der Waals surface area contributed by atoms with Gasteiger partial charge in [0.25, 0.3) is 0 Å². The lowest BCUT2D eigenvalue weighted by molar-refractivity contribution is -0.0381. The van der Waals surface area contributed by atoms with Gasteiger partial charge in [-0.2, -0.15) is 5.10 Å². The number of aliphatic hydroxyl groups is 1. The highest BCUT2D eigenvalue weighted by molar-refractivity contribution is 5.78. The number of nitrogens with zero attached hydrogens (tertiary/aromatic N) is 4. The van der Waals surface area contributed by atoms with E-state index >= 15 is 0 Å². The maximum atomic E-state index is 10.4. The quantitative estimate of drug-likeness (QED) is 0.778. The van der Waals surface area contributed by atoms with E-state index in [2.05, 4.69) is 14.6 Å². The Hall–Kier alpha value is -2.64. The van der Waals surface area contributed by atoms with Crippen LogP contribution in [0.3, 0.4) is 0 Å². The first kappa shape index (κ1) is 16.8. The van der Waals surface area contributed by atoms with E-state index < -0.39 is 6.10 Å². The van der Waals surface area contributed by atoms with Crippen LogP contribution in [-0.2, 0) is 11.8 Å². The molecule has 0 aliphatic carbocycles. The molecule has 0 unspecified atom stereocenters. The number of rotatable bonds is 4. The summed E-state index contributed by atoms with van der Waals surface area (Å²) in [7, 11) is 3.54. The number of aromatic nitrogens is 4. The molecule has 26 heavy (non-hydrogen) atoms. The van der Waals surface area contributed by atoms with E-state index in [9.17, 15) is 5.11 Å². The Morgan fingerprint density at radius 3 is 2.69 bits per heavy atom. The molecule has 4 rings (SSSR count). The molecule has 136 valence electrons. The van der Waals surface area contributed by atoms with Crippen molar-refractivity contribution in [3.63, 3.8) is 0 Å². The average Bonchev–Trinajstić information content (AvgIpc) is 3.28. The Morgan fingerprint density at radius 1 is 1.23 bits per heavy atom. The number of aliphatic hydroxyl groups excluding tert-OH is 1. The van der Waals surface area contributed by atoms with Crippen molar-refractivity contribution in [2.75, 3.05) is 20.3 Å². The smallest absolute Gasteiger partial charge is 0.118 e. The number of benzene rings is 1. The fraction of sp³-hybridized carbons (Fsp3) is 0.368. The van der Waals surface area contributed by atoms with Crippen LogP contribution in [-0.4, -0.2) is 50.9 Å². The van der Waals surface area contributed by atoms with Crippen LogP contribution in [0.1, 0.15) is 12.5 Å². The van der Waals surface area contributed by atoms with E-state index in [1.54, 1.807) is 18.1 Å². The number of hydrogen-bond acceptors (Lipinski definition) is 5. The summed E-state index contributed by atoms with van der Waals surface area (Å²) in [6.07, 6.45) is 5.78. The second-order valence-electron chi connectivity index (χ2n) is 6.48. The number of methoxy groups -OCH3 is 1. The Morgan fingerprint density at radius 2 is 2.04 bits per heavy atom. The van der Waals surface area contributed by atoms with Crippen molar-refractivity contribution < 1.29 is 14.6 Å². The van der Waals surface area contributed by atoms with Gasteiger partial charge in [0.2, 0.25) is 0 Å². The number of imidazole rings is 1. The SMILES string of the molecule is COc1ccc(-c2ncn([C@H]3CCOC[C@@H]3O)c2-c2cnn(C)c2)cc1. The first-order valence-electron chi connectivity index (χ1n) is 8.63. The van der Waals surface area contributed by atoms with Gasteiger partial charge in [-0.1, -0.05) is 0 Å². The van der Waals surface area contributed by atoms with Crippen molar-refractivity contribution in [2.24, 2.45) is 7.05 Å². The fourth-order valence-electron chi connectivity index (χ4n) is 3.44. The van der Waals surface area contributed by atoms with Crippen LogP contribution in [0.15, 0.2) is 43.0 Å². The van der Waals surface area contributed by atoms with E-state index in [-0.39, 0.29) is 6.04 Å². The maximum Gasteiger partial charge on any atom is 0.118 e. The molecule has 1 saturated heterocycles. The van der Waals surface area contributed by atoms with Gasteiger partial charge in [-0.25, -0.2) is 4.98 Å². The summed E-state index contributed by atoms with van der Waals surface area (Å²) in [6, 6.07) is 7.76. The van der Waals surface area contributed by atoms with E-state index in [4.69, 9.17) is 9.47 Å². The zero-order valence-electron chi connectivity index (χ0n) is 14.9. The van der Waals surface area contributed by atoms with Gasteiger partial charge in [-0.15, -0.1) is 0 Å². The molecule has 0 amide bonds. The van der Waals surface area contributed by atoms with Crippen molar-refractivity contribution in [3.05, 3.63) is 43.0 Å². The summed E-state index contributed by atoms with van der Waals surface area (Å²) in [5, 5.41) is 14.7. The molecule has 1 fully saturated rings. The maximum absolute atomic E-state index is 10.4. The lowest BCUT2D eigenvalue weighted by Gasteiger charge is -2.30. The van der Waals surface area contributed by atoms with E-state index in [0.29, 0.717) is 13.2 Å². The first-order chi connectivity index (χ1) is 12.7. The Bertz CT molecular complexity index is 885. The van der Waals surface area contributed by atoms with Crippen LogP contribution in [0.4, 0.5) is 0 Å². The van der Waals surface area contributed by atoms with Crippen LogP contribution >= 0.6 is 0 Å². The van der Waals surface area contributed by atoms with Gasteiger partial charge in [0.1, 0.15) is 5.75 Å². The van der Waals surface area contributed by atoms with Gasteiger partial charge in [-0.05, 0) is 30.7 Å². The van der Waals surface area contributed by atoms with Crippen LogP contribution < -0.4 is 4.74 Å². The summed E-state index contributed by atoms with van der Waals surface area (Å²) in [5.41, 5.74) is 3.77. The standard InChI is InChI=1S/C19H22N4O3/c1-22-10-14(9-21-22)19-18(13-3-5-15(25-2)6-4-13)20-12-23(19)16-7-8-26-11-17(16)24/h3-6,9-10,12,16-17,24H,7-8,11H2,1-2H3/t16-,17-/m0/s1. The fourth-order valence-corrected chi connectivity index (χ4v) is 3.44. The summed E-state index contributed by atoms with van der Waals surface area (Å²) < 4.78 is 14.5. The Balaban J connectivity index is 1.83. The minimum absolute atomic E-state index is 0.0709. The molecule has 2 atom stereocenters. The molecule has 7 nitrogen and oxygen atoms in total. The van der Waals surface area contributed by atoms with Crippen molar-refractivity contribution in [1.82, 2.24) is 19.3 Å². The molecule has 0 bridgehead atoms. The molecule has 1 aliphatic heterocycles.